The topological polar surface area (TPSA) is 40.5 Å². The van der Waals surface area contributed by atoms with E-state index in [9.17, 15) is 9.90 Å². The zero-order valence-corrected chi connectivity index (χ0v) is 10.4. The molecule has 1 aromatic carbocycles. The third kappa shape index (κ3) is 2.91. The van der Waals surface area contributed by atoms with Gasteiger partial charge in [-0.1, -0.05) is 12.1 Å². The average Bonchev–Trinajstić information content (AvgIpc) is 2.38. The van der Waals surface area contributed by atoms with Gasteiger partial charge in [0.2, 0.25) is 5.91 Å². The van der Waals surface area contributed by atoms with Gasteiger partial charge in [0.1, 0.15) is 11.6 Å². The summed E-state index contributed by atoms with van der Waals surface area (Å²) in [5, 5.41) is 9.44. The zero-order valence-electron chi connectivity index (χ0n) is 9.60. The first-order valence-corrected chi connectivity index (χ1v) is 6.37. The summed E-state index contributed by atoms with van der Waals surface area (Å²) < 4.78 is 0. The van der Waals surface area contributed by atoms with Crippen LogP contribution in [0.15, 0.2) is 24.3 Å². The molecule has 0 unspecified atom stereocenters. The van der Waals surface area contributed by atoms with E-state index in [1.54, 1.807) is 6.07 Å². The average molecular weight is 254 g/mol. The Hall–Kier alpha value is -1.22. The Balaban J connectivity index is 1.97. The second-order valence-corrected chi connectivity index (χ2v) is 4.65. The highest BCUT2D eigenvalue weighted by molar-refractivity contribution is 6.27. The van der Waals surface area contributed by atoms with Gasteiger partial charge in [-0.05, 0) is 36.5 Å². The number of carbonyl (C=O) groups is 1. The number of benzene rings is 1. The van der Waals surface area contributed by atoms with Crippen LogP contribution in [0.4, 0.5) is 0 Å². The molecule has 4 heteroatoms. The Morgan fingerprint density at radius 1 is 1.41 bits per heavy atom. The molecule has 1 N–H and O–H groups in total. The molecule has 1 heterocycles. The van der Waals surface area contributed by atoms with Crippen molar-refractivity contribution in [2.45, 2.75) is 18.8 Å². The Morgan fingerprint density at radius 3 is 2.71 bits per heavy atom. The lowest BCUT2D eigenvalue weighted by atomic mass is 9.89. The van der Waals surface area contributed by atoms with Crippen LogP contribution in [0.5, 0.6) is 5.75 Å². The first kappa shape index (κ1) is 12.2. The van der Waals surface area contributed by atoms with Crippen molar-refractivity contribution in [3.05, 3.63) is 29.8 Å². The lowest BCUT2D eigenvalue weighted by molar-refractivity contribution is -0.129. The Kier molecular flexibility index (Phi) is 3.89. The Bertz CT molecular complexity index is 400. The van der Waals surface area contributed by atoms with Gasteiger partial charge < -0.3 is 10.0 Å². The highest BCUT2D eigenvalue weighted by Crippen LogP contribution is 2.29. The number of amides is 1. The second-order valence-electron chi connectivity index (χ2n) is 4.38. The largest absolute Gasteiger partial charge is 0.508 e. The number of likely N-dealkylation sites (tertiary alicyclic amines) is 1. The number of rotatable bonds is 2. The summed E-state index contributed by atoms with van der Waals surface area (Å²) >= 11 is 5.54. The van der Waals surface area contributed by atoms with Crippen LogP contribution in [0.2, 0.25) is 0 Å². The van der Waals surface area contributed by atoms with Crippen molar-refractivity contribution in [1.82, 2.24) is 4.90 Å². The molecule has 0 atom stereocenters. The SMILES string of the molecule is O=C(CCl)N1CCC(c2cccc(O)c2)CC1. The van der Waals surface area contributed by atoms with E-state index in [1.807, 2.05) is 23.1 Å². The molecule has 1 fully saturated rings. The van der Waals surface area contributed by atoms with Gasteiger partial charge in [-0.25, -0.2) is 0 Å². The first-order valence-electron chi connectivity index (χ1n) is 5.83. The summed E-state index contributed by atoms with van der Waals surface area (Å²) in [6.45, 7) is 1.51. The summed E-state index contributed by atoms with van der Waals surface area (Å²) in [4.78, 5) is 13.2. The molecule has 1 aliphatic heterocycles. The quantitative estimate of drug-likeness (QED) is 0.822. The molecule has 1 amide bonds. The molecule has 1 saturated heterocycles. The highest BCUT2D eigenvalue weighted by Gasteiger charge is 2.23. The van der Waals surface area contributed by atoms with Crippen LogP contribution in [0, 0.1) is 0 Å². The van der Waals surface area contributed by atoms with Gasteiger partial charge in [0.05, 0.1) is 0 Å². The second kappa shape index (κ2) is 5.41. The predicted molar refractivity (Wildman–Crippen MR) is 67.4 cm³/mol. The smallest absolute Gasteiger partial charge is 0.237 e. The molecule has 17 heavy (non-hydrogen) atoms. The highest BCUT2D eigenvalue weighted by atomic mass is 35.5. The first-order chi connectivity index (χ1) is 8.20. The Labute approximate surface area is 106 Å². The van der Waals surface area contributed by atoms with Crippen LogP contribution in [0.1, 0.15) is 24.3 Å². The number of alkyl halides is 1. The van der Waals surface area contributed by atoms with Gasteiger partial charge in [0, 0.05) is 13.1 Å². The van der Waals surface area contributed by atoms with Gasteiger partial charge in [0.25, 0.3) is 0 Å². The van der Waals surface area contributed by atoms with Crippen molar-refractivity contribution < 1.29 is 9.90 Å². The number of nitrogens with zero attached hydrogens (tertiary/aromatic N) is 1. The molecule has 92 valence electrons. The summed E-state index contributed by atoms with van der Waals surface area (Å²) in [5.74, 6) is 0.820. The minimum Gasteiger partial charge on any atom is -0.508 e. The van der Waals surface area contributed by atoms with Crippen LogP contribution >= 0.6 is 11.6 Å². The van der Waals surface area contributed by atoms with Crippen molar-refractivity contribution in [2.24, 2.45) is 0 Å². The van der Waals surface area contributed by atoms with Crippen molar-refractivity contribution in [3.8, 4) is 5.75 Å². The minimum absolute atomic E-state index is 0.0148. The number of phenolic OH excluding ortho intramolecular Hbond substituents is 1. The molecule has 1 aliphatic rings. The summed E-state index contributed by atoms with van der Waals surface area (Å²) in [5.41, 5.74) is 1.16. The van der Waals surface area contributed by atoms with Crippen LogP contribution in [-0.4, -0.2) is 34.9 Å². The van der Waals surface area contributed by atoms with E-state index in [0.29, 0.717) is 11.7 Å². The summed E-state index contributed by atoms with van der Waals surface area (Å²) in [6, 6.07) is 7.38. The minimum atomic E-state index is 0.0148. The molecule has 3 nitrogen and oxygen atoms in total. The van der Waals surface area contributed by atoms with Gasteiger partial charge >= 0.3 is 0 Å². The number of halogens is 1. The van der Waals surface area contributed by atoms with Crippen LogP contribution < -0.4 is 0 Å². The Morgan fingerprint density at radius 2 is 2.12 bits per heavy atom. The number of hydrogen-bond donors (Lipinski definition) is 1. The third-order valence-electron chi connectivity index (χ3n) is 3.30. The van der Waals surface area contributed by atoms with Crippen molar-refractivity contribution >= 4 is 17.5 Å². The van der Waals surface area contributed by atoms with E-state index >= 15 is 0 Å². The summed E-state index contributed by atoms with van der Waals surface area (Å²) in [6.07, 6.45) is 1.87. The fourth-order valence-electron chi connectivity index (χ4n) is 2.33. The van der Waals surface area contributed by atoms with Crippen LogP contribution in [0.25, 0.3) is 0 Å². The third-order valence-corrected chi connectivity index (χ3v) is 3.53. The van der Waals surface area contributed by atoms with E-state index < -0.39 is 0 Å². The maximum absolute atomic E-state index is 11.4. The van der Waals surface area contributed by atoms with E-state index in [1.165, 1.54) is 0 Å². The molecular formula is C13H16ClNO2. The number of carbonyl (C=O) groups excluding carboxylic acids is 1. The van der Waals surface area contributed by atoms with Crippen molar-refractivity contribution in [3.63, 3.8) is 0 Å². The van der Waals surface area contributed by atoms with Crippen molar-refractivity contribution in [2.75, 3.05) is 19.0 Å². The molecule has 2 rings (SSSR count). The number of phenols is 1. The van der Waals surface area contributed by atoms with E-state index in [4.69, 9.17) is 11.6 Å². The lowest BCUT2D eigenvalue weighted by Crippen LogP contribution is -2.38. The molecule has 0 radical (unpaired) electrons. The predicted octanol–water partition coefficient (Wildman–Crippen LogP) is 2.34. The van der Waals surface area contributed by atoms with E-state index in [0.717, 1.165) is 31.5 Å². The van der Waals surface area contributed by atoms with Crippen molar-refractivity contribution in [1.29, 1.82) is 0 Å². The molecule has 0 aliphatic carbocycles. The maximum atomic E-state index is 11.4. The zero-order chi connectivity index (χ0) is 12.3. The molecule has 0 aromatic heterocycles. The monoisotopic (exact) mass is 253 g/mol. The van der Waals surface area contributed by atoms with Gasteiger partial charge in [-0.3, -0.25) is 4.79 Å². The van der Waals surface area contributed by atoms with Gasteiger partial charge in [0.15, 0.2) is 0 Å². The van der Waals surface area contributed by atoms with E-state index in [-0.39, 0.29) is 11.8 Å². The molecule has 0 saturated carbocycles. The maximum Gasteiger partial charge on any atom is 0.237 e. The van der Waals surface area contributed by atoms with E-state index in [2.05, 4.69) is 0 Å². The molecule has 0 bridgehead atoms. The molecular weight excluding hydrogens is 238 g/mol. The van der Waals surface area contributed by atoms with Gasteiger partial charge in [-0.15, -0.1) is 11.6 Å². The van der Waals surface area contributed by atoms with Crippen LogP contribution in [-0.2, 0) is 4.79 Å². The fraction of sp³-hybridized carbons (Fsp3) is 0.462. The molecule has 1 aromatic rings. The fourth-order valence-corrected chi connectivity index (χ4v) is 2.49. The number of aromatic hydroxyl groups is 1. The lowest BCUT2D eigenvalue weighted by Gasteiger charge is -2.31. The number of piperidine rings is 1. The number of hydrogen-bond acceptors (Lipinski definition) is 2. The van der Waals surface area contributed by atoms with Crippen LogP contribution in [0.3, 0.4) is 0 Å². The molecule has 0 spiro atoms. The summed E-state index contributed by atoms with van der Waals surface area (Å²) in [7, 11) is 0. The standard InChI is InChI=1S/C13H16ClNO2/c14-9-13(17)15-6-4-10(5-7-15)11-2-1-3-12(16)8-11/h1-3,8,10,16H,4-7,9H2. The normalized spacial score (nSPS) is 17.1. The van der Waals surface area contributed by atoms with Gasteiger partial charge in [-0.2, -0.15) is 0 Å².